The predicted octanol–water partition coefficient (Wildman–Crippen LogP) is 0.638. The van der Waals surface area contributed by atoms with Gasteiger partial charge in [0, 0.05) is 12.1 Å². The van der Waals surface area contributed by atoms with E-state index in [4.69, 9.17) is 0 Å². The van der Waals surface area contributed by atoms with Crippen molar-refractivity contribution in [1.29, 1.82) is 0 Å². The van der Waals surface area contributed by atoms with E-state index >= 15 is 0 Å². The van der Waals surface area contributed by atoms with Crippen molar-refractivity contribution in [3.63, 3.8) is 0 Å². The largest absolute Gasteiger partial charge is 0.314 e. The van der Waals surface area contributed by atoms with Gasteiger partial charge in [-0.2, -0.15) is 0 Å². The average molecular weight is 260 g/mol. The topological polar surface area (TPSA) is 49.4 Å². The van der Waals surface area contributed by atoms with E-state index in [2.05, 4.69) is 17.1 Å². The normalized spacial score (nSPS) is 30.8. The summed E-state index contributed by atoms with van der Waals surface area (Å²) >= 11 is 0. The molecular formula is C12H24N2O2S. The van der Waals surface area contributed by atoms with Crippen LogP contribution in [0, 0.1) is 0 Å². The lowest BCUT2D eigenvalue weighted by Crippen LogP contribution is -2.47. The molecule has 0 spiro atoms. The lowest BCUT2D eigenvalue weighted by Gasteiger charge is -2.35. The van der Waals surface area contributed by atoms with Crippen LogP contribution in [0.3, 0.4) is 0 Å². The molecule has 2 saturated heterocycles. The minimum absolute atomic E-state index is 0.298. The number of hydrogen-bond donors (Lipinski definition) is 1. The Hall–Kier alpha value is -0.130. The first-order chi connectivity index (χ1) is 8.11. The van der Waals surface area contributed by atoms with Gasteiger partial charge >= 0.3 is 0 Å². The molecule has 2 rings (SSSR count). The van der Waals surface area contributed by atoms with E-state index < -0.39 is 9.84 Å². The Kier molecular flexibility index (Phi) is 4.44. The number of piperidine rings is 1. The molecule has 1 atom stereocenters. The predicted molar refractivity (Wildman–Crippen MR) is 69.9 cm³/mol. The molecule has 0 amide bonds. The standard InChI is InChI=1S/C12H24N2O2S/c1-2-6-13-11-3-7-14(8-4-11)12-5-9-17(15,16)10-12/h11-13H,2-10H2,1H3. The molecule has 1 unspecified atom stereocenters. The van der Waals surface area contributed by atoms with E-state index in [1.54, 1.807) is 0 Å². The van der Waals surface area contributed by atoms with E-state index in [1.807, 2.05) is 0 Å². The number of nitrogens with one attached hydrogen (secondary N) is 1. The quantitative estimate of drug-likeness (QED) is 0.806. The number of rotatable bonds is 4. The van der Waals surface area contributed by atoms with Gasteiger partial charge in [0.2, 0.25) is 0 Å². The fourth-order valence-corrected chi connectivity index (χ4v) is 4.64. The van der Waals surface area contributed by atoms with Gasteiger partial charge in [-0.25, -0.2) is 8.42 Å². The van der Waals surface area contributed by atoms with Gasteiger partial charge in [0.15, 0.2) is 9.84 Å². The summed E-state index contributed by atoms with van der Waals surface area (Å²) in [6, 6.07) is 0.941. The van der Waals surface area contributed by atoms with E-state index in [1.165, 1.54) is 6.42 Å². The molecule has 2 aliphatic heterocycles. The molecule has 0 saturated carbocycles. The van der Waals surface area contributed by atoms with Gasteiger partial charge in [-0.15, -0.1) is 0 Å². The summed E-state index contributed by atoms with van der Waals surface area (Å²) in [5, 5.41) is 3.55. The highest BCUT2D eigenvalue weighted by Crippen LogP contribution is 2.21. The Labute approximate surface area is 105 Å². The maximum atomic E-state index is 11.5. The first kappa shape index (κ1) is 13.3. The van der Waals surface area contributed by atoms with Gasteiger partial charge in [0.1, 0.15) is 0 Å². The Bertz CT molecular complexity index is 334. The van der Waals surface area contributed by atoms with Gasteiger partial charge < -0.3 is 5.32 Å². The molecule has 0 aliphatic carbocycles. The summed E-state index contributed by atoms with van der Waals surface area (Å²) in [5.74, 6) is 0.783. The maximum absolute atomic E-state index is 11.5. The van der Waals surface area contributed by atoms with Crippen molar-refractivity contribution in [3.05, 3.63) is 0 Å². The highest BCUT2D eigenvalue weighted by molar-refractivity contribution is 7.91. The molecular weight excluding hydrogens is 236 g/mol. The van der Waals surface area contributed by atoms with E-state index in [-0.39, 0.29) is 0 Å². The van der Waals surface area contributed by atoms with Gasteiger partial charge in [0.25, 0.3) is 0 Å². The van der Waals surface area contributed by atoms with Crippen molar-refractivity contribution >= 4 is 9.84 Å². The zero-order valence-corrected chi connectivity index (χ0v) is 11.5. The first-order valence-corrected chi connectivity index (χ1v) is 8.61. The highest BCUT2D eigenvalue weighted by atomic mass is 32.2. The molecule has 0 aromatic carbocycles. The maximum Gasteiger partial charge on any atom is 0.151 e. The number of sulfone groups is 1. The third-order valence-corrected chi connectivity index (χ3v) is 5.69. The molecule has 2 aliphatic rings. The van der Waals surface area contributed by atoms with Crippen molar-refractivity contribution in [2.24, 2.45) is 0 Å². The second kappa shape index (κ2) is 5.67. The third kappa shape index (κ3) is 3.66. The molecule has 2 fully saturated rings. The van der Waals surface area contributed by atoms with Gasteiger partial charge in [-0.1, -0.05) is 6.92 Å². The van der Waals surface area contributed by atoms with Crippen LogP contribution in [0.25, 0.3) is 0 Å². The Balaban J connectivity index is 1.76. The van der Waals surface area contributed by atoms with Crippen LogP contribution in [0.5, 0.6) is 0 Å². The minimum atomic E-state index is -2.73. The summed E-state index contributed by atoms with van der Waals surface area (Å²) in [7, 11) is -2.73. The van der Waals surface area contributed by atoms with E-state index in [0.717, 1.165) is 38.9 Å². The van der Waals surface area contributed by atoms with Crippen LogP contribution in [0.2, 0.25) is 0 Å². The Morgan fingerprint density at radius 2 is 1.94 bits per heavy atom. The van der Waals surface area contributed by atoms with Crippen LogP contribution in [0.1, 0.15) is 32.6 Å². The van der Waals surface area contributed by atoms with E-state index in [0.29, 0.717) is 23.6 Å². The fourth-order valence-electron chi connectivity index (χ4n) is 2.88. The lowest BCUT2D eigenvalue weighted by atomic mass is 10.0. The minimum Gasteiger partial charge on any atom is -0.314 e. The molecule has 0 aromatic rings. The Morgan fingerprint density at radius 1 is 1.24 bits per heavy atom. The van der Waals surface area contributed by atoms with Crippen molar-refractivity contribution in [2.45, 2.75) is 44.7 Å². The molecule has 1 N–H and O–H groups in total. The molecule has 0 bridgehead atoms. The molecule has 4 nitrogen and oxygen atoms in total. The molecule has 100 valence electrons. The lowest BCUT2D eigenvalue weighted by molar-refractivity contribution is 0.155. The second-order valence-corrected chi connectivity index (χ2v) is 7.55. The summed E-state index contributed by atoms with van der Waals surface area (Å²) in [5.41, 5.74) is 0. The van der Waals surface area contributed by atoms with Crippen LogP contribution in [0.15, 0.2) is 0 Å². The average Bonchev–Trinajstić information content (AvgIpc) is 2.68. The monoisotopic (exact) mass is 260 g/mol. The number of hydrogen-bond acceptors (Lipinski definition) is 4. The summed E-state index contributed by atoms with van der Waals surface area (Å²) in [6.07, 6.45) is 4.35. The van der Waals surface area contributed by atoms with Crippen LogP contribution in [-0.2, 0) is 9.84 Å². The summed E-state index contributed by atoms with van der Waals surface area (Å²) in [4.78, 5) is 2.38. The molecule has 17 heavy (non-hydrogen) atoms. The third-order valence-electron chi connectivity index (χ3n) is 3.94. The van der Waals surface area contributed by atoms with Gasteiger partial charge in [0.05, 0.1) is 11.5 Å². The fraction of sp³-hybridized carbons (Fsp3) is 1.00. The summed E-state index contributed by atoms with van der Waals surface area (Å²) < 4.78 is 22.9. The van der Waals surface area contributed by atoms with Gasteiger partial charge in [-0.3, -0.25) is 4.90 Å². The zero-order valence-electron chi connectivity index (χ0n) is 10.7. The Morgan fingerprint density at radius 3 is 2.47 bits per heavy atom. The highest BCUT2D eigenvalue weighted by Gasteiger charge is 2.33. The van der Waals surface area contributed by atoms with Gasteiger partial charge in [-0.05, 0) is 45.3 Å². The molecule has 0 radical (unpaired) electrons. The zero-order chi connectivity index (χ0) is 12.3. The van der Waals surface area contributed by atoms with Crippen LogP contribution >= 0.6 is 0 Å². The summed E-state index contributed by atoms with van der Waals surface area (Å²) in [6.45, 7) is 5.40. The van der Waals surface area contributed by atoms with E-state index in [9.17, 15) is 8.42 Å². The molecule has 5 heteroatoms. The van der Waals surface area contributed by atoms with Crippen molar-refractivity contribution in [1.82, 2.24) is 10.2 Å². The molecule has 0 aromatic heterocycles. The van der Waals surface area contributed by atoms with Crippen LogP contribution in [0.4, 0.5) is 0 Å². The second-order valence-electron chi connectivity index (χ2n) is 5.32. The van der Waals surface area contributed by atoms with Crippen molar-refractivity contribution in [2.75, 3.05) is 31.1 Å². The smallest absolute Gasteiger partial charge is 0.151 e. The first-order valence-electron chi connectivity index (χ1n) is 6.78. The molecule has 2 heterocycles. The number of nitrogens with zero attached hydrogens (tertiary/aromatic N) is 1. The number of likely N-dealkylation sites (tertiary alicyclic amines) is 1. The van der Waals surface area contributed by atoms with Crippen LogP contribution in [-0.4, -0.2) is 56.5 Å². The SMILES string of the molecule is CCCNC1CCN(C2CCS(=O)(=O)C2)CC1. The van der Waals surface area contributed by atoms with Crippen molar-refractivity contribution in [3.8, 4) is 0 Å². The van der Waals surface area contributed by atoms with Crippen molar-refractivity contribution < 1.29 is 8.42 Å². The van der Waals surface area contributed by atoms with Crippen LogP contribution < -0.4 is 5.32 Å².